The average Bonchev–Trinajstić information content (AvgIpc) is 2.60. The van der Waals surface area contributed by atoms with E-state index in [1.54, 1.807) is 0 Å². The lowest BCUT2D eigenvalue weighted by Crippen LogP contribution is -2.40. The molecule has 2 aliphatic rings. The zero-order valence-electron chi connectivity index (χ0n) is 15.2. The van der Waals surface area contributed by atoms with Gasteiger partial charge in [0.05, 0.1) is 13.2 Å². The summed E-state index contributed by atoms with van der Waals surface area (Å²) in [6.07, 6.45) is 6.29. The first-order valence-corrected chi connectivity index (χ1v) is 9.33. The van der Waals surface area contributed by atoms with Gasteiger partial charge in [-0.15, -0.1) is 24.0 Å². The van der Waals surface area contributed by atoms with E-state index < -0.39 is 0 Å². The number of halogens is 1. The minimum atomic E-state index is 0. The van der Waals surface area contributed by atoms with E-state index >= 15 is 0 Å². The standard InChI is InChI=1S/C17H35N5O.HI/c1-16(22-10-3-2-4-11-22)6-8-20-17(18)19-7-5-9-21-12-14-23-15-13-21;/h16H,2-15H2,1H3,(H3,18,19,20);1H. The number of hydrogen-bond donors (Lipinski definition) is 2. The van der Waals surface area contributed by atoms with E-state index in [4.69, 9.17) is 10.5 Å². The fourth-order valence-corrected chi connectivity index (χ4v) is 3.33. The van der Waals surface area contributed by atoms with Crippen LogP contribution < -0.4 is 11.1 Å². The molecule has 142 valence electrons. The first-order chi connectivity index (χ1) is 11.3. The second kappa shape index (κ2) is 13.1. The van der Waals surface area contributed by atoms with Crippen molar-refractivity contribution in [2.45, 2.75) is 45.1 Å². The van der Waals surface area contributed by atoms with Gasteiger partial charge in [0.1, 0.15) is 0 Å². The quantitative estimate of drug-likeness (QED) is 0.252. The van der Waals surface area contributed by atoms with Crippen molar-refractivity contribution in [3.63, 3.8) is 0 Å². The molecule has 2 fully saturated rings. The molecule has 0 aromatic rings. The second-order valence-corrected chi connectivity index (χ2v) is 6.74. The Morgan fingerprint density at radius 2 is 1.88 bits per heavy atom. The first-order valence-electron chi connectivity index (χ1n) is 9.33. The summed E-state index contributed by atoms with van der Waals surface area (Å²) in [6, 6.07) is 0.636. The van der Waals surface area contributed by atoms with Crippen LogP contribution in [0.25, 0.3) is 0 Å². The minimum absolute atomic E-state index is 0. The Morgan fingerprint density at radius 3 is 2.58 bits per heavy atom. The zero-order chi connectivity index (χ0) is 16.3. The van der Waals surface area contributed by atoms with Crippen molar-refractivity contribution in [2.75, 3.05) is 59.0 Å². The number of ether oxygens (including phenoxy) is 1. The number of piperidine rings is 1. The SMILES string of the molecule is CC(CCNC(N)=NCCCN1CCOCC1)N1CCCCC1.I. The number of nitrogens with two attached hydrogens (primary N) is 1. The molecule has 0 aromatic carbocycles. The van der Waals surface area contributed by atoms with E-state index in [1.807, 2.05) is 0 Å². The predicted octanol–water partition coefficient (Wildman–Crippen LogP) is 1.50. The van der Waals surface area contributed by atoms with Crippen LogP contribution in [0.1, 0.15) is 39.0 Å². The van der Waals surface area contributed by atoms with Gasteiger partial charge in [-0.25, -0.2) is 0 Å². The van der Waals surface area contributed by atoms with Gasteiger partial charge in [0.2, 0.25) is 0 Å². The van der Waals surface area contributed by atoms with Crippen LogP contribution in [0.5, 0.6) is 0 Å². The van der Waals surface area contributed by atoms with Gasteiger partial charge in [-0.1, -0.05) is 6.42 Å². The highest BCUT2D eigenvalue weighted by Gasteiger charge is 2.16. The summed E-state index contributed by atoms with van der Waals surface area (Å²) in [5.41, 5.74) is 5.95. The van der Waals surface area contributed by atoms with E-state index in [0.29, 0.717) is 12.0 Å². The lowest BCUT2D eigenvalue weighted by atomic mass is 10.1. The maximum Gasteiger partial charge on any atom is 0.188 e. The van der Waals surface area contributed by atoms with Gasteiger partial charge in [-0.3, -0.25) is 9.89 Å². The number of hydrogen-bond acceptors (Lipinski definition) is 4. The van der Waals surface area contributed by atoms with E-state index in [2.05, 4.69) is 27.0 Å². The van der Waals surface area contributed by atoms with E-state index in [1.165, 1.54) is 32.4 Å². The molecule has 2 aliphatic heterocycles. The highest BCUT2D eigenvalue weighted by molar-refractivity contribution is 14.0. The molecule has 2 heterocycles. The Morgan fingerprint density at radius 1 is 1.17 bits per heavy atom. The van der Waals surface area contributed by atoms with Crippen LogP contribution in [0.4, 0.5) is 0 Å². The van der Waals surface area contributed by atoms with Crippen molar-refractivity contribution < 1.29 is 4.74 Å². The summed E-state index contributed by atoms with van der Waals surface area (Å²) in [5.74, 6) is 0.595. The highest BCUT2D eigenvalue weighted by Crippen LogP contribution is 2.13. The Hall–Kier alpha value is -0.120. The molecule has 0 aromatic heterocycles. The Labute approximate surface area is 164 Å². The first kappa shape index (κ1) is 21.9. The van der Waals surface area contributed by atoms with Crippen molar-refractivity contribution in [1.29, 1.82) is 0 Å². The maximum absolute atomic E-state index is 5.95. The summed E-state index contributed by atoms with van der Waals surface area (Å²) in [4.78, 5) is 9.46. The lowest BCUT2D eigenvalue weighted by Gasteiger charge is -2.32. The molecule has 0 bridgehead atoms. The van der Waals surface area contributed by atoms with Crippen LogP contribution in [-0.4, -0.2) is 80.8 Å². The number of likely N-dealkylation sites (tertiary alicyclic amines) is 1. The predicted molar refractivity (Wildman–Crippen MR) is 111 cm³/mol. The summed E-state index contributed by atoms with van der Waals surface area (Å²) >= 11 is 0. The van der Waals surface area contributed by atoms with E-state index in [9.17, 15) is 0 Å². The molecule has 6 nitrogen and oxygen atoms in total. The molecule has 0 saturated carbocycles. The van der Waals surface area contributed by atoms with Crippen molar-refractivity contribution >= 4 is 29.9 Å². The van der Waals surface area contributed by atoms with Crippen LogP contribution in [0.15, 0.2) is 4.99 Å². The second-order valence-electron chi connectivity index (χ2n) is 6.74. The highest BCUT2D eigenvalue weighted by atomic mass is 127. The molecular weight excluding hydrogens is 417 g/mol. The third kappa shape index (κ3) is 8.82. The molecule has 0 spiro atoms. The van der Waals surface area contributed by atoms with Crippen molar-refractivity contribution in [3.8, 4) is 0 Å². The fourth-order valence-electron chi connectivity index (χ4n) is 3.33. The molecule has 1 unspecified atom stereocenters. The van der Waals surface area contributed by atoms with Crippen molar-refractivity contribution in [1.82, 2.24) is 15.1 Å². The van der Waals surface area contributed by atoms with Crippen LogP contribution in [0, 0.1) is 0 Å². The molecule has 7 heteroatoms. The van der Waals surface area contributed by atoms with Crippen LogP contribution >= 0.6 is 24.0 Å². The lowest BCUT2D eigenvalue weighted by molar-refractivity contribution is 0.0377. The molecule has 0 radical (unpaired) electrons. The zero-order valence-corrected chi connectivity index (χ0v) is 17.5. The topological polar surface area (TPSA) is 66.1 Å². The number of nitrogens with one attached hydrogen (secondary N) is 1. The van der Waals surface area contributed by atoms with Crippen LogP contribution in [-0.2, 0) is 4.74 Å². The smallest absolute Gasteiger partial charge is 0.188 e. The summed E-state index contributed by atoms with van der Waals surface area (Å²) in [5, 5.41) is 3.26. The molecule has 2 rings (SSSR count). The van der Waals surface area contributed by atoms with Gasteiger partial charge >= 0.3 is 0 Å². The minimum Gasteiger partial charge on any atom is -0.379 e. The normalized spacial score (nSPS) is 22.0. The van der Waals surface area contributed by atoms with Crippen molar-refractivity contribution in [3.05, 3.63) is 0 Å². The number of nitrogens with zero attached hydrogens (tertiary/aromatic N) is 3. The summed E-state index contributed by atoms with van der Waals surface area (Å²) < 4.78 is 5.35. The Balaban J connectivity index is 0.00000288. The average molecular weight is 453 g/mol. The summed E-state index contributed by atoms with van der Waals surface area (Å²) in [6.45, 7) is 11.5. The Bertz CT molecular complexity index is 344. The summed E-state index contributed by atoms with van der Waals surface area (Å²) in [7, 11) is 0. The third-order valence-electron chi connectivity index (χ3n) is 4.90. The number of aliphatic imine (C=N–C) groups is 1. The number of morpholine rings is 1. The van der Waals surface area contributed by atoms with Gasteiger partial charge < -0.3 is 20.7 Å². The van der Waals surface area contributed by atoms with Gasteiger partial charge in [-0.2, -0.15) is 0 Å². The fraction of sp³-hybridized carbons (Fsp3) is 0.941. The number of rotatable bonds is 8. The Kier molecular flexibility index (Phi) is 12.0. The van der Waals surface area contributed by atoms with E-state index in [-0.39, 0.29) is 24.0 Å². The van der Waals surface area contributed by atoms with Gasteiger partial charge in [0.15, 0.2) is 5.96 Å². The maximum atomic E-state index is 5.95. The van der Waals surface area contributed by atoms with E-state index in [0.717, 1.165) is 58.8 Å². The van der Waals surface area contributed by atoms with Crippen molar-refractivity contribution in [2.24, 2.45) is 10.7 Å². The molecule has 24 heavy (non-hydrogen) atoms. The number of guanidine groups is 1. The largest absolute Gasteiger partial charge is 0.379 e. The monoisotopic (exact) mass is 453 g/mol. The van der Waals surface area contributed by atoms with Crippen LogP contribution in [0.2, 0.25) is 0 Å². The molecular formula is C17H36IN5O. The molecule has 0 amide bonds. The molecule has 2 saturated heterocycles. The van der Waals surface area contributed by atoms with Gasteiger partial charge in [0.25, 0.3) is 0 Å². The molecule has 0 aliphatic carbocycles. The third-order valence-corrected chi connectivity index (χ3v) is 4.90. The molecule has 3 N–H and O–H groups in total. The van der Waals surface area contributed by atoms with Gasteiger partial charge in [0, 0.05) is 38.8 Å². The molecule has 1 atom stereocenters. The van der Waals surface area contributed by atoms with Gasteiger partial charge in [-0.05, 0) is 45.7 Å². The van der Waals surface area contributed by atoms with Crippen LogP contribution in [0.3, 0.4) is 0 Å².